The van der Waals surface area contributed by atoms with Crippen LogP contribution in [0.2, 0.25) is 0 Å². The lowest BCUT2D eigenvalue weighted by Crippen LogP contribution is -2.36. The average molecular weight is 331 g/mol. The first-order chi connectivity index (χ1) is 9.73. The summed E-state index contributed by atoms with van der Waals surface area (Å²) in [5.74, 6) is -0.401. The van der Waals surface area contributed by atoms with Crippen LogP contribution in [0.4, 0.5) is 4.79 Å². The van der Waals surface area contributed by atoms with Crippen molar-refractivity contribution >= 4 is 24.5 Å². The van der Waals surface area contributed by atoms with E-state index in [0.717, 1.165) is 5.56 Å². The summed E-state index contributed by atoms with van der Waals surface area (Å²) in [6.07, 6.45) is -0.510. The highest BCUT2D eigenvalue weighted by Gasteiger charge is 2.17. The molecule has 0 spiro atoms. The Bertz CT molecular complexity index is 497. The quantitative estimate of drug-likeness (QED) is 0.827. The molecule has 0 aliphatic carbocycles. The van der Waals surface area contributed by atoms with Crippen LogP contribution in [-0.4, -0.2) is 31.3 Å². The van der Waals surface area contributed by atoms with E-state index in [9.17, 15) is 9.59 Å². The molecule has 22 heavy (non-hydrogen) atoms. The van der Waals surface area contributed by atoms with Crippen LogP contribution in [0.5, 0.6) is 0 Å². The number of hydrogen-bond donors (Lipinski definition) is 2. The van der Waals surface area contributed by atoms with Crippen molar-refractivity contribution in [2.75, 3.05) is 13.7 Å². The summed E-state index contributed by atoms with van der Waals surface area (Å²) in [7, 11) is 1.33. The van der Waals surface area contributed by atoms with Gasteiger partial charge < -0.3 is 20.5 Å². The summed E-state index contributed by atoms with van der Waals surface area (Å²) < 4.78 is 9.74. The number of rotatable bonds is 4. The molecule has 1 aromatic carbocycles. The van der Waals surface area contributed by atoms with E-state index < -0.39 is 17.7 Å². The van der Waals surface area contributed by atoms with Crippen molar-refractivity contribution in [3.05, 3.63) is 35.4 Å². The van der Waals surface area contributed by atoms with Crippen molar-refractivity contribution < 1.29 is 19.1 Å². The monoisotopic (exact) mass is 330 g/mol. The molecule has 0 fully saturated rings. The van der Waals surface area contributed by atoms with Crippen molar-refractivity contribution in [3.8, 4) is 0 Å². The fraction of sp³-hybridized carbons (Fsp3) is 0.467. The molecule has 0 saturated carbocycles. The van der Waals surface area contributed by atoms with Crippen molar-refractivity contribution in [1.29, 1.82) is 0 Å². The van der Waals surface area contributed by atoms with Crippen LogP contribution in [-0.2, 0) is 9.47 Å². The van der Waals surface area contributed by atoms with Crippen LogP contribution < -0.4 is 11.1 Å². The van der Waals surface area contributed by atoms with Crippen LogP contribution in [0.3, 0.4) is 0 Å². The highest BCUT2D eigenvalue weighted by molar-refractivity contribution is 5.89. The van der Waals surface area contributed by atoms with E-state index >= 15 is 0 Å². The highest BCUT2D eigenvalue weighted by Crippen LogP contribution is 2.12. The molecule has 0 heterocycles. The summed E-state index contributed by atoms with van der Waals surface area (Å²) in [5, 5.41) is 2.61. The van der Waals surface area contributed by atoms with Crippen molar-refractivity contribution in [1.82, 2.24) is 5.32 Å². The Labute approximate surface area is 136 Å². The van der Waals surface area contributed by atoms with E-state index in [0.29, 0.717) is 5.56 Å². The molecule has 1 atom stereocenters. The Balaban J connectivity index is 0.00000441. The first kappa shape index (κ1) is 20.2. The van der Waals surface area contributed by atoms with E-state index in [4.69, 9.17) is 10.5 Å². The number of carbonyl (C=O) groups is 2. The van der Waals surface area contributed by atoms with E-state index in [2.05, 4.69) is 10.1 Å². The summed E-state index contributed by atoms with van der Waals surface area (Å²) in [5.41, 5.74) is 6.69. The summed E-state index contributed by atoms with van der Waals surface area (Å²) >= 11 is 0. The molecule has 0 bridgehead atoms. The molecular weight excluding hydrogens is 308 g/mol. The number of alkyl carbamates (subject to hydrolysis) is 1. The first-order valence-corrected chi connectivity index (χ1v) is 6.63. The van der Waals surface area contributed by atoms with Gasteiger partial charge in [0.05, 0.1) is 12.7 Å². The fourth-order valence-corrected chi connectivity index (χ4v) is 1.61. The minimum Gasteiger partial charge on any atom is -0.465 e. The van der Waals surface area contributed by atoms with E-state index in [1.165, 1.54) is 7.11 Å². The number of carbonyl (C=O) groups excluding carboxylic acids is 2. The molecule has 0 aliphatic rings. The zero-order valence-corrected chi connectivity index (χ0v) is 14.0. The Hall–Kier alpha value is -1.79. The standard InChI is InChI=1S/C15H22N2O4.ClH/c1-15(2,3)21-14(19)17-9-12(16)10-5-7-11(8-6-10)13(18)20-4;/h5-8,12H,9,16H2,1-4H3,(H,17,19);1H. The third-order valence-corrected chi connectivity index (χ3v) is 2.63. The first-order valence-electron chi connectivity index (χ1n) is 6.63. The predicted octanol–water partition coefficient (Wildman–Crippen LogP) is 2.42. The SMILES string of the molecule is COC(=O)c1ccc(C(N)CNC(=O)OC(C)(C)C)cc1.Cl. The second kappa shape index (κ2) is 8.60. The molecule has 6 nitrogen and oxygen atoms in total. The molecule has 3 N–H and O–H groups in total. The zero-order valence-electron chi connectivity index (χ0n) is 13.2. The number of hydrogen-bond acceptors (Lipinski definition) is 5. The maximum atomic E-state index is 11.5. The van der Waals surface area contributed by atoms with Crippen molar-refractivity contribution in [2.45, 2.75) is 32.4 Å². The predicted molar refractivity (Wildman–Crippen MR) is 86.2 cm³/mol. The minimum absolute atomic E-state index is 0. The average Bonchev–Trinajstić information content (AvgIpc) is 2.42. The van der Waals surface area contributed by atoms with Gasteiger partial charge in [0.2, 0.25) is 0 Å². The van der Waals surface area contributed by atoms with E-state index in [-0.39, 0.29) is 25.0 Å². The Morgan fingerprint density at radius 3 is 2.23 bits per heavy atom. The number of nitrogens with two attached hydrogens (primary N) is 1. The van der Waals surface area contributed by atoms with Gasteiger partial charge >= 0.3 is 12.1 Å². The van der Waals surface area contributed by atoms with Gasteiger partial charge in [-0.3, -0.25) is 0 Å². The van der Waals surface area contributed by atoms with Crippen LogP contribution in [0.1, 0.15) is 42.7 Å². The molecule has 1 rings (SSSR count). The molecule has 0 radical (unpaired) electrons. The van der Waals surface area contributed by atoms with Gasteiger partial charge in [-0.1, -0.05) is 12.1 Å². The van der Waals surface area contributed by atoms with Gasteiger partial charge in [-0.15, -0.1) is 12.4 Å². The molecule has 1 aromatic rings. The van der Waals surface area contributed by atoms with Crippen LogP contribution in [0.25, 0.3) is 0 Å². The second-order valence-electron chi connectivity index (χ2n) is 5.60. The number of esters is 1. The Morgan fingerprint density at radius 1 is 1.23 bits per heavy atom. The van der Waals surface area contributed by atoms with Gasteiger partial charge in [0, 0.05) is 12.6 Å². The minimum atomic E-state index is -0.545. The molecule has 124 valence electrons. The zero-order chi connectivity index (χ0) is 16.0. The van der Waals surface area contributed by atoms with Gasteiger partial charge in [0.1, 0.15) is 5.60 Å². The maximum absolute atomic E-state index is 11.5. The lowest BCUT2D eigenvalue weighted by atomic mass is 10.1. The molecule has 1 unspecified atom stereocenters. The maximum Gasteiger partial charge on any atom is 0.407 e. The molecule has 0 aromatic heterocycles. The Morgan fingerprint density at radius 2 is 1.77 bits per heavy atom. The molecule has 0 aliphatic heterocycles. The summed E-state index contributed by atoms with van der Waals surface area (Å²) in [6, 6.07) is 6.34. The molecule has 1 amide bonds. The van der Waals surface area contributed by atoms with E-state index in [1.54, 1.807) is 45.0 Å². The Kier molecular flexibility index (Phi) is 7.90. The van der Waals surface area contributed by atoms with Crippen LogP contribution in [0, 0.1) is 0 Å². The molecule has 0 saturated heterocycles. The van der Waals surface area contributed by atoms with Crippen LogP contribution in [0.15, 0.2) is 24.3 Å². The number of benzene rings is 1. The summed E-state index contributed by atoms with van der Waals surface area (Å²) in [6.45, 7) is 5.61. The third-order valence-electron chi connectivity index (χ3n) is 2.63. The van der Waals surface area contributed by atoms with Gasteiger partial charge in [0.15, 0.2) is 0 Å². The lowest BCUT2D eigenvalue weighted by Gasteiger charge is -2.21. The number of ether oxygens (including phenoxy) is 2. The number of halogens is 1. The highest BCUT2D eigenvalue weighted by atomic mass is 35.5. The van der Waals surface area contributed by atoms with Gasteiger partial charge in [-0.25, -0.2) is 9.59 Å². The van der Waals surface area contributed by atoms with Crippen molar-refractivity contribution in [3.63, 3.8) is 0 Å². The fourth-order valence-electron chi connectivity index (χ4n) is 1.61. The van der Waals surface area contributed by atoms with Gasteiger partial charge in [-0.2, -0.15) is 0 Å². The second-order valence-corrected chi connectivity index (χ2v) is 5.60. The summed E-state index contributed by atoms with van der Waals surface area (Å²) in [4.78, 5) is 22.8. The van der Waals surface area contributed by atoms with Gasteiger partial charge in [0.25, 0.3) is 0 Å². The largest absolute Gasteiger partial charge is 0.465 e. The van der Waals surface area contributed by atoms with Crippen LogP contribution >= 0.6 is 12.4 Å². The molecule has 7 heteroatoms. The van der Waals surface area contributed by atoms with E-state index in [1.807, 2.05) is 0 Å². The number of nitrogens with one attached hydrogen (secondary N) is 1. The normalized spacial score (nSPS) is 11.9. The number of methoxy groups -OCH3 is 1. The van der Waals surface area contributed by atoms with Crippen molar-refractivity contribution in [2.24, 2.45) is 5.73 Å². The van der Waals surface area contributed by atoms with Gasteiger partial charge in [-0.05, 0) is 38.5 Å². The number of amides is 1. The molecular formula is C15H23ClN2O4. The third kappa shape index (κ3) is 6.78. The topological polar surface area (TPSA) is 90.6 Å². The smallest absolute Gasteiger partial charge is 0.407 e. The lowest BCUT2D eigenvalue weighted by molar-refractivity contribution is 0.0523.